The molecule has 0 spiro atoms. The Bertz CT molecular complexity index is 1850. The number of carboxylic acid groups (broad SMARTS) is 1. The molecule has 0 radical (unpaired) electrons. The number of benzene rings is 1. The van der Waals surface area contributed by atoms with Crippen LogP contribution in [0.25, 0.3) is 27.8 Å². The van der Waals surface area contributed by atoms with E-state index >= 15 is 0 Å². The van der Waals surface area contributed by atoms with E-state index in [4.69, 9.17) is 19.7 Å². The number of alkyl halides is 1. The van der Waals surface area contributed by atoms with E-state index in [0.29, 0.717) is 30.2 Å². The first-order chi connectivity index (χ1) is 22.2. The van der Waals surface area contributed by atoms with Gasteiger partial charge in [0.05, 0.1) is 42.5 Å². The largest absolute Gasteiger partial charge is 0.494 e. The van der Waals surface area contributed by atoms with Crippen LogP contribution in [0.3, 0.4) is 0 Å². The molecule has 1 aromatic carbocycles. The van der Waals surface area contributed by atoms with Crippen molar-refractivity contribution in [2.24, 2.45) is 5.92 Å². The molecule has 46 heavy (non-hydrogen) atoms. The Kier molecular flexibility index (Phi) is 7.69. The van der Waals surface area contributed by atoms with Gasteiger partial charge in [-0.2, -0.15) is 5.10 Å². The molecule has 3 aromatic heterocycles. The number of halogens is 1. The predicted octanol–water partition coefficient (Wildman–Crippen LogP) is 4.16. The zero-order valence-corrected chi connectivity index (χ0v) is 25.8. The Morgan fingerprint density at radius 2 is 1.98 bits per heavy atom. The molecule has 1 aliphatic carbocycles. The Balaban J connectivity index is 1.26. The fraction of sp³-hybridized carbons (Fsp3) is 0.455. The molecule has 1 saturated carbocycles. The number of aryl methyl sites for hydroxylation is 1. The van der Waals surface area contributed by atoms with Crippen LogP contribution in [-0.2, 0) is 11.3 Å². The molecule has 2 aliphatic heterocycles. The Labute approximate surface area is 264 Å². The van der Waals surface area contributed by atoms with Crippen molar-refractivity contribution in [1.29, 1.82) is 0 Å². The Morgan fingerprint density at radius 3 is 2.70 bits per heavy atom. The lowest BCUT2D eigenvalue weighted by atomic mass is 10.0. The maximum atomic E-state index is 14.5. The van der Waals surface area contributed by atoms with Crippen molar-refractivity contribution < 1.29 is 33.4 Å². The number of likely N-dealkylation sites (tertiary alicyclic amines) is 1. The van der Waals surface area contributed by atoms with Gasteiger partial charge in [-0.15, -0.1) is 0 Å². The van der Waals surface area contributed by atoms with E-state index in [0.717, 1.165) is 59.4 Å². The number of aromatic nitrogens is 3. The number of hydrogen-bond donors (Lipinski definition) is 3. The zero-order valence-electron chi connectivity index (χ0n) is 25.8. The summed E-state index contributed by atoms with van der Waals surface area (Å²) in [6.07, 6.45) is 2.60. The second-order valence-corrected chi connectivity index (χ2v) is 12.6. The SMILES string of the molecule is COc1cc(C(=O)N2C[C@H](F)C[C@@H](NC(=O)O)C2)cn2nc(-c3cc4cccc(OC[C@H]5CCC(=O)N5)c4n3CC3CC3)c(C)c12. The summed E-state index contributed by atoms with van der Waals surface area (Å²) >= 11 is 0. The van der Waals surface area contributed by atoms with Crippen molar-refractivity contribution >= 4 is 34.3 Å². The third-order valence-corrected chi connectivity index (χ3v) is 9.20. The molecule has 3 fully saturated rings. The molecule has 3 aliphatic rings. The molecule has 242 valence electrons. The van der Waals surface area contributed by atoms with E-state index in [1.54, 1.807) is 16.8 Å². The van der Waals surface area contributed by atoms with E-state index in [1.165, 1.54) is 12.0 Å². The van der Waals surface area contributed by atoms with Crippen molar-refractivity contribution in [3.63, 3.8) is 0 Å². The molecular weight excluding hydrogens is 595 g/mol. The van der Waals surface area contributed by atoms with Crippen LogP contribution in [0.5, 0.6) is 11.5 Å². The second-order valence-electron chi connectivity index (χ2n) is 12.6. The maximum absolute atomic E-state index is 14.5. The lowest BCUT2D eigenvalue weighted by Gasteiger charge is -2.34. The molecule has 3 amide bonds. The van der Waals surface area contributed by atoms with Gasteiger partial charge in [0, 0.05) is 43.1 Å². The van der Waals surface area contributed by atoms with Crippen molar-refractivity contribution in [3.8, 4) is 22.9 Å². The Morgan fingerprint density at radius 1 is 1.15 bits per heavy atom. The van der Waals surface area contributed by atoms with Crippen LogP contribution in [0.4, 0.5) is 9.18 Å². The summed E-state index contributed by atoms with van der Waals surface area (Å²) in [6.45, 7) is 3.11. The zero-order chi connectivity index (χ0) is 32.1. The van der Waals surface area contributed by atoms with Crippen LogP contribution < -0.4 is 20.1 Å². The van der Waals surface area contributed by atoms with E-state index < -0.39 is 24.2 Å². The number of fused-ring (bicyclic) bond motifs is 2. The Hall–Kier alpha value is -4.81. The molecule has 4 aromatic rings. The minimum absolute atomic E-state index is 0.0128. The standard InChI is InChI=1S/C33H37FN6O6/c1-18-29(25-10-20-4-3-5-26(31(20)39(25)13-19-6-7-19)46-17-23-8-9-28(41)35-23)37-40-14-21(11-27(45-2)30(18)40)32(42)38-15-22(34)12-24(16-38)36-33(43)44/h3-5,10-11,14,19,22-24,36H,6-9,12-13,15-17H2,1-2H3,(H,35,41)(H,43,44)/t22-,23-,24-/m1/s1. The van der Waals surface area contributed by atoms with Crippen LogP contribution in [0, 0.1) is 12.8 Å². The number of piperidine rings is 1. The smallest absolute Gasteiger partial charge is 0.404 e. The number of ether oxygens (including phenoxy) is 2. The first-order valence-corrected chi connectivity index (χ1v) is 15.7. The van der Waals surface area contributed by atoms with E-state index in [1.807, 2.05) is 19.1 Å². The monoisotopic (exact) mass is 632 g/mol. The molecule has 0 bridgehead atoms. The van der Waals surface area contributed by atoms with Crippen LogP contribution in [0.2, 0.25) is 0 Å². The highest BCUT2D eigenvalue weighted by molar-refractivity contribution is 5.96. The van der Waals surface area contributed by atoms with E-state index in [9.17, 15) is 18.8 Å². The minimum Gasteiger partial charge on any atom is -0.494 e. The van der Waals surface area contributed by atoms with Gasteiger partial charge in [-0.25, -0.2) is 13.7 Å². The average molecular weight is 633 g/mol. The fourth-order valence-electron chi connectivity index (χ4n) is 6.81. The summed E-state index contributed by atoms with van der Waals surface area (Å²) in [5, 5.41) is 20.4. The number of rotatable bonds is 9. The van der Waals surface area contributed by atoms with Gasteiger partial charge in [-0.3, -0.25) is 9.59 Å². The molecule has 7 rings (SSSR count). The average Bonchev–Trinajstić information content (AvgIpc) is 3.49. The summed E-state index contributed by atoms with van der Waals surface area (Å²) in [7, 11) is 1.53. The fourth-order valence-corrected chi connectivity index (χ4v) is 6.81. The molecule has 0 unspecified atom stereocenters. The maximum Gasteiger partial charge on any atom is 0.404 e. The van der Waals surface area contributed by atoms with E-state index in [2.05, 4.69) is 27.3 Å². The van der Waals surface area contributed by atoms with Crippen molar-refractivity contribution in [1.82, 2.24) is 29.7 Å². The van der Waals surface area contributed by atoms with Crippen molar-refractivity contribution in [2.45, 2.75) is 63.8 Å². The summed E-state index contributed by atoms with van der Waals surface area (Å²) in [4.78, 5) is 37.8. The highest BCUT2D eigenvalue weighted by atomic mass is 19.1. The van der Waals surface area contributed by atoms with Gasteiger partial charge < -0.3 is 34.7 Å². The summed E-state index contributed by atoms with van der Waals surface area (Å²) in [5.41, 5.74) is 4.47. The topological polar surface area (TPSA) is 139 Å². The number of amides is 3. The number of para-hydroxylation sites is 1. The number of methoxy groups -OCH3 is 1. The van der Waals surface area contributed by atoms with Crippen LogP contribution in [-0.4, -0.2) is 87.2 Å². The molecule has 5 heterocycles. The minimum atomic E-state index is -1.35. The van der Waals surface area contributed by atoms with Gasteiger partial charge in [0.2, 0.25) is 5.91 Å². The van der Waals surface area contributed by atoms with Crippen molar-refractivity contribution in [3.05, 3.63) is 47.7 Å². The molecule has 13 heteroatoms. The molecular formula is C33H37FN6O6. The molecule has 2 saturated heterocycles. The summed E-state index contributed by atoms with van der Waals surface area (Å²) in [6, 6.07) is 9.01. The highest BCUT2D eigenvalue weighted by Crippen LogP contribution is 2.41. The number of carbonyl (C=O) groups is 3. The number of pyridine rings is 1. The van der Waals surface area contributed by atoms with Gasteiger partial charge in [0.15, 0.2) is 0 Å². The quantitative estimate of drug-likeness (QED) is 0.252. The van der Waals surface area contributed by atoms with E-state index in [-0.39, 0.29) is 37.0 Å². The normalized spacial score (nSPS) is 21.5. The van der Waals surface area contributed by atoms with Gasteiger partial charge in [-0.1, -0.05) is 12.1 Å². The molecule has 3 N–H and O–H groups in total. The first kappa shape index (κ1) is 29.9. The van der Waals surface area contributed by atoms with Gasteiger partial charge >= 0.3 is 6.09 Å². The van der Waals surface area contributed by atoms with Crippen LogP contribution >= 0.6 is 0 Å². The number of carbonyl (C=O) groups excluding carboxylic acids is 2. The number of nitrogens with zero attached hydrogens (tertiary/aromatic N) is 4. The lowest BCUT2D eigenvalue weighted by Crippen LogP contribution is -2.53. The third-order valence-electron chi connectivity index (χ3n) is 9.20. The molecule has 3 atom stereocenters. The highest BCUT2D eigenvalue weighted by Gasteiger charge is 2.33. The van der Waals surface area contributed by atoms with Gasteiger partial charge in [0.25, 0.3) is 5.91 Å². The van der Waals surface area contributed by atoms with Crippen molar-refractivity contribution in [2.75, 3.05) is 26.8 Å². The summed E-state index contributed by atoms with van der Waals surface area (Å²) in [5.74, 6) is 1.37. The van der Waals surface area contributed by atoms with Crippen LogP contribution in [0.15, 0.2) is 36.5 Å². The number of nitrogens with one attached hydrogen (secondary N) is 2. The summed E-state index contributed by atoms with van der Waals surface area (Å²) < 4.78 is 30.5. The second kappa shape index (κ2) is 11.8. The third kappa shape index (κ3) is 5.69. The van der Waals surface area contributed by atoms with Gasteiger partial charge in [-0.05, 0) is 50.3 Å². The predicted molar refractivity (Wildman–Crippen MR) is 167 cm³/mol. The number of hydrogen-bond acceptors (Lipinski definition) is 6. The van der Waals surface area contributed by atoms with Crippen LogP contribution in [0.1, 0.15) is 48.0 Å². The lowest BCUT2D eigenvalue weighted by molar-refractivity contribution is -0.119. The first-order valence-electron chi connectivity index (χ1n) is 15.7. The van der Waals surface area contributed by atoms with Gasteiger partial charge in [0.1, 0.15) is 35.5 Å². The molecule has 12 nitrogen and oxygen atoms in total.